The van der Waals surface area contributed by atoms with Crippen molar-refractivity contribution in [2.24, 2.45) is 0 Å². The summed E-state index contributed by atoms with van der Waals surface area (Å²) in [5, 5.41) is 15.4. The fourth-order valence-corrected chi connectivity index (χ4v) is 21.2. The van der Waals surface area contributed by atoms with E-state index in [1.54, 1.807) is 12.4 Å². The molecule has 16 aromatic carbocycles. The van der Waals surface area contributed by atoms with E-state index < -0.39 is 0 Å². The molecule has 0 amide bonds. The van der Waals surface area contributed by atoms with Crippen molar-refractivity contribution in [2.75, 3.05) is 0 Å². The van der Waals surface area contributed by atoms with E-state index in [9.17, 15) is 0 Å². The molecular formula is C128H82N14. The van der Waals surface area contributed by atoms with Gasteiger partial charge >= 0.3 is 0 Å². The average Bonchev–Trinajstić information content (AvgIpc) is 1.59. The molecule has 0 aliphatic rings. The van der Waals surface area contributed by atoms with Gasteiger partial charge in [0.2, 0.25) is 5.95 Å². The van der Waals surface area contributed by atoms with Crippen LogP contribution >= 0.6 is 0 Å². The van der Waals surface area contributed by atoms with Gasteiger partial charge in [0.1, 0.15) is 11.3 Å². The Morgan fingerprint density at radius 1 is 0.155 bits per heavy atom. The molecule has 13 aromatic heterocycles. The van der Waals surface area contributed by atoms with Crippen LogP contribution in [-0.2, 0) is 0 Å². The minimum Gasteiger partial charge on any atom is -0.309 e. The summed E-state index contributed by atoms with van der Waals surface area (Å²) in [6.07, 6.45) is 11.2. The van der Waals surface area contributed by atoms with Crippen molar-refractivity contribution < 1.29 is 0 Å². The Morgan fingerprint density at radius 2 is 0.493 bits per heavy atom. The number of benzene rings is 16. The maximum absolute atomic E-state index is 5.20. The van der Waals surface area contributed by atoms with E-state index in [1.807, 2.05) is 104 Å². The Bertz CT molecular complexity index is 9910. The van der Waals surface area contributed by atoms with Crippen LogP contribution in [0.4, 0.5) is 0 Å². The molecule has 142 heavy (non-hydrogen) atoms. The van der Waals surface area contributed by atoms with Crippen LogP contribution in [-0.4, -0.2) is 67.3 Å². The number of rotatable bonds is 13. The minimum atomic E-state index is 0.604. The van der Waals surface area contributed by atoms with Crippen molar-refractivity contribution in [3.8, 4) is 113 Å². The highest BCUT2D eigenvalue weighted by atomic mass is 15.2. The molecule has 0 bridgehead atoms. The predicted molar refractivity (Wildman–Crippen MR) is 583 cm³/mol. The second kappa shape index (κ2) is 34.4. The molecule has 664 valence electrons. The highest BCUT2D eigenvalue weighted by Crippen LogP contribution is 2.45. The zero-order valence-electron chi connectivity index (χ0n) is 76.6. The van der Waals surface area contributed by atoms with Gasteiger partial charge in [0.25, 0.3) is 0 Å². The third-order valence-corrected chi connectivity index (χ3v) is 27.7. The molecule has 0 atom stereocenters. The Kier molecular flexibility index (Phi) is 19.9. The number of hydrogen-bond donors (Lipinski definition) is 0. The fraction of sp³-hybridized carbons (Fsp3) is 0. The molecule has 0 aliphatic heterocycles. The molecule has 29 rings (SSSR count). The highest BCUT2D eigenvalue weighted by Gasteiger charge is 2.25. The van der Waals surface area contributed by atoms with E-state index in [0.29, 0.717) is 5.95 Å². The fourth-order valence-electron chi connectivity index (χ4n) is 21.2. The van der Waals surface area contributed by atoms with Gasteiger partial charge in [-0.05, 0) is 251 Å². The van der Waals surface area contributed by atoms with Crippen LogP contribution in [0.15, 0.2) is 498 Å². The first kappa shape index (κ1) is 82.1. The highest BCUT2D eigenvalue weighted by molar-refractivity contribution is 6.17. The van der Waals surface area contributed by atoms with Crippen LogP contribution in [0.3, 0.4) is 0 Å². The van der Waals surface area contributed by atoms with Crippen molar-refractivity contribution in [1.82, 2.24) is 67.3 Å². The van der Waals surface area contributed by atoms with Gasteiger partial charge in [0.05, 0.1) is 95.4 Å². The van der Waals surface area contributed by atoms with Crippen molar-refractivity contribution in [3.05, 3.63) is 498 Å². The van der Waals surface area contributed by atoms with E-state index in [-0.39, 0.29) is 0 Å². The summed E-state index contributed by atoms with van der Waals surface area (Å²) in [5.74, 6) is 0.604. The van der Waals surface area contributed by atoms with Crippen LogP contribution in [0.2, 0.25) is 0 Å². The van der Waals surface area contributed by atoms with E-state index in [0.717, 1.165) is 145 Å². The second-order valence-electron chi connectivity index (χ2n) is 35.8. The lowest BCUT2D eigenvalue weighted by atomic mass is 10.0. The second-order valence-corrected chi connectivity index (χ2v) is 35.8. The SMILES string of the molecule is c1ccc(-c2nc(-n3c4ccc(-c5ccc6c7ccccc7n(-c7ccccc7)c6c5)cc4c4cccnc43)nc3ccccc23)cc1.c1ccc(-n2c3ccc(-c4ccc5c6ccccc6n(-c6ccccc6)c5c4)cc3c3ccncc32)cc1.c1ccc(-n2c3ccccc3c3ccc(-c4ccc5c(c4)c4cccnc4n5-c4ccc(-c5cc(-c6ccccn6)nc(-c6ccccn6)c5)cc4)cc32)cc1. The third-order valence-electron chi connectivity index (χ3n) is 27.7. The molecular weight excluding hydrogens is 1730 g/mol. The number of fused-ring (bicyclic) bond motifs is 19. The predicted octanol–water partition coefficient (Wildman–Crippen LogP) is 31.6. The van der Waals surface area contributed by atoms with Crippen molar-refractivity contribution >= 4 is 142 Å². The lowest BCUT2D eigenvalue weighted by molar-refractivity contribution is 0.998. The Hall–Kier alpha value is -19.4. The molecule has 0 saturated carbocycles. The Labute approximate surface area is 814 Å². The van der Waals surface area contributed by atoms with Gasteiger partial charge in [0.15, 0.2) is 0 Å². The molecule has 0 radical (unpaired) electrons. The first-order chi connectivity index (χ1) is 70.4. The van der Waals surface area contributed by atoms with E-state index in [2.05, 4.69) is 425 Å². The maximum Gasteiger partial charge on any atom is 0.237 e. The molecule has 14 nitrogen and oxygen atoms in total. The van der Waals surface area contributed by atoms with Crippen molar-refractivity contribution in [3.63, 3.8) is 0 Å². The minimum absolute atomic E-state index is 0.604. The van der Waals surface area contributed by atoms with E-state index in [1.165, 1.54) is 104 Å². The summed E-state index contributed by atoms with van der Waals surface area (Å²) in [7, 11) is 0. The number of pyridine rings is 6. The maximum atomic E-state index is 5.20. The monoisotopic (exact) mass is 1810 g/mol. The first-order valence-corrected chi connectivity index (χ1v) is 47.7. The molecule has 29 aromatic rings. The van der Waals surface area contributed by atoms with Gasteiger partial charge in [0, 0.05) is 135 Å². The van der Waals surface area contributed by atoms with Crippen LogP contribution in [0.5, 0.6) is 0 Å². The summed E-state index contributed by atoms with van der Waals surface area (Å²) in [4.78, 5) is 38.7. The molecule has 14 heteroatoms. The average molecular weight is 1820 g/mol. The van der Waals surface area contributed by atoms with E-state index >= 15 is 0 Å². The van der Waals surface area contributed by atoms with Crippen LogP contribution in [0, 0.1) is 0 Å². The Balaban J connectivity index is 0.000000108. The summed E-state index contributed by atoms with van der Waals surface area (Å²) in [5.41, 5.74) is 34.3. The zero-order valence-corrected chi connectivity index (χ0v) is 76.6. The van der Waals surface area contributed by atoms with Gasteiger partial charge < -0.3 is 18.3 Å². The summed E-state index contributed by atoms with van der Waals surface area (Å²) in [6.45, 7) is 0. The molecule has 13 heterocycles. The first-order valence-electron chi connectivity index (χ1n) is 47.7. The molecule has 0 unspecified atom stereocenters. The van der Waals surface area contributed by atoms with E-state index in [4.69, 9.17) is 24.9 Å². The molecule has 0 saturated heterocycles. The quantitative estimate of drug-likeness (QED) is 0.111. The van der Waals surface area contributed by atoms with Crippen LogP contribution in [0.25, 0.3) is 255 Å². The largest absolute Gasteiger partial charge is 0.309 e. The van der Waals surface area contributed by atoms with Gasteiger partial charge in [-0.15, -0.1) is 0 Å². The summed E-state index contributed by atoms with van der Waals surface area (Å²) < 4.78 is 13.8. The number of hydrogen-bond acceptors (Lipinski definition) is 8. The number of nitrogens with zero attached hydrogens (tertiary/aromatic N) is 14. The van der Waals surface area contributed by atoms with Crippen molar-refractivity contribution in [1.29, 1.82) is 0 Å². The summed E-state index contributed by atoms with van der Waals surface area (Å²) >= 11 is 0. The Morgan fingerprint density at radius 3 is 0.958 bits per heavy atom. The molecule has 0 fully saturated rings. The lowest BCUT2D eigenvalue weighted by Gasteiger charge is -2.11. The van der Waals surface area contributed by atoms with Gasteiger partial charge in [-0.1, -0.05) is 255 Å². The molecule has 0 aliphatic carbocycles. The van der Waals surface area contributed by atoms with Crippen LogP contribution in [0.1, 0.15) is 0 Å². The van der Waals surface area contributed by atoms with Gasteiger partial charge in [-0.25, -0.2) is 24.9 Å². The van der Waals surface area contributed by atoms with Gasteiger partial charge in [-0.2, -0.15) is 0 Å². The van der Waals surface area contributed by atoms with Crippen LogP contribution < -0.4 is 0 Å². The number of para-hydroxylation sites is 8. The molecule has 0 N–H and O–H groups in total. The standard InChI is InChI=1S/C50H32N6.C43H27N5.C35H23N3/c1-2-11-37(12-3-1)55-47-17-5-4-13-39(47)40-24-20-35(32-49(40)55)34-21-25-48-42(29-34)41-14-10-28-53-50(41)56(48)38-22-18-33(19-23-38)36-30-45(43-15-6-8-26-51-43)54-46(31-36)44-16-7-9-27-52-44;1-3-12-28(13-4-1)41-35-17-7-9-19-37(35)45-43(46-41)48-39-24-22-29(26-36(39)34-18-11-25-44-42(34)48)30-21-23-33-32-16-8-10-20-38(32)47(40(33)27-30)31-14-5-2-6-15-31;1-3-9-26(10-4-1)37-32-14-8-7-13-28(32)29-17-15-25(22-34(29)37)24-16-18-33-31(21-24)30-19-20-36-23-35(30)38(33)27-11-5-2-6-12-27/h1-32H;1-27H;1-23H. The summed E-state index contributed by atoms with van der Waals surface area (Å²) in [6, 6.07) is 163. The number of aromatic nitrogens is 14. The third kappa shape index (κ3) is 14.1. The van der Waals surface area contributed by atoms with Gasteiger partial charge in [-0.3, -0.25) is 24.1 Å². The van der Waals surface area contributed by atoms with Crippen molar-refractivity contribution in [2.45, 2.75) is 0 Å². The normalized spacial score (nSPS) is 11.7. The smallest absolute Gasteiger partial charge is 0.237 e. The molecule has 0 spiro atoms. The zero-order chi connectivity index (χ0) is 93.7. The topological polar surface area (TPSA) is 133 Å². The lowest BCUT2D eigenvalue weighted by Crippen LogP contribution is -2.04.